The van der Waals surface area contributed by atoms with Crippen molar-refractivity contribution in [1.82, 2.24) is 29.8 Å². The SMILES string of the molecule is CN(c1ncc(C2CC2)cn1)C1CN(c2ccc3nncn3n2)C1. The predicted molar refractivity (Wildman–Crippen MR) is 89.2 cm³/mol. The molecular formula is C16H18N8. The first-order valence-corrected chi connectivity index (χ1v) is 8.25. The van der Waals surface area contributed by atoms with Crippen molar-refractivity contribution in [1.29, 1.82) is 0 Å². The second kappa shape index (κ2) is 5.12. The third-order valence-electron chi connectivity index (χ3n) is 4.90. The summed E-state index contributed by atoms with van der Waals surface area (Å²) in [7, 11) is 2.06. The lowest BCUT2D eigenvalue weighted by Gasteiger charge is -2.44. The van der Waals surface area contributed by atoms with Gasteiger partial charge in [0.15, 0.2) is 5.65 Å². The van der Waals surface area contributed by atoms with Gasteiger partial charge in [-0.2, -0.15) is 4.52 Å². The van der Waals surface area contributed by atoms with E-state index < -0.39 is 0 Å². The van der Waals surface area contributed by atoms with E-state index in [9.17, 15) is 0 Å². The monoisotopic (exact) mass is 322 g/mol. The van der Waals surface area contributed by atoms with Gasteiger partial charge in [-0.3, -0.25) is 0 Å². The van der Waals surface area contributed by atoms with Crippen LogP contribution in [0.15, 0.2) is 30.9 Å². The summed E-state index contributed by atoms with van der Waals surface area (Å²) in [5.41, 5.74) is 2.03. The molecular weight excluding hydrogens is 304 g/mol. The Hall–Kier alpha value is -2.77. The molecule has 4 heterocycles. The van der Waals surface area contributed by atoms with Crippen LogP contribution in [0.4, 0.5) is 11.8 Å². The second-order valence-corrected chi connectivity index (χ2v) is 6.59. The molecule has 122 valence electrons. The fraction of sp³-hybridized carbons (Fsp3) is 0.438. The minimum absolute atomic E-state index is 0.398. The summed E-state index contributed by atoms with van der Waals surface area (Å²) < 4.78 is 1.70. The van der Waals surface area contributed by atoms with Crippen LogP contribution in [0, 0.1) is 0 Å². The van der Waals surface area contributed by atoms with Crippen LogP contribution in [0.1, 0.15) is 24.3 Å². The number of fused-ring (bicyclic) bond motifs is 1. The Morgan fingerprint density at radius 3 is 2.67 bits per heavy atom. The molecule has 1 saturated heterocycles. The Morgan fingerprint density at radius 2 is 1.92 bits per heavy atom. The fourth-order valence-electron chi connectivity index (χ4n) is 3.08. The van der Waals surface area contributed by atoms with E-state index in [-0.39, 0.29) is 0 Å². The molecule has 2 aliphatic rings. The molecule has 8 nitrogen and oxygen atoms in total. The molecule has 0 aromatic carbocycles. The maximum atomic E-state index is 4.53. The summed E-state index contributed by atoms with van der Waals surface area (Å²) in [4.78, 5) is 13.5. The van der Waals surface area contributed by atoms with E-state index in [0.29, 0.717) is 12.0 Å². The lowest BCUT2D eigenvalue weighted by atomic mass is 10.1. The average molecular weight is 322 g/mol. The Kier molecular flexibility index (Phi) is 2.91. The number of anilines is 2. The van der Waals surface area contributed by atoms with Crippen molar-refractivity contribution >= 4 is 17.4 Å². The molecule has 0 amide bonds. The maximum Gasteiger partial charge on any atom is 0.225 e. The number of aromatic nitrogens is 6. The molecule has 0 bridgehead atoms. The summed E-state index contributed by atoms with van der Waals surface area (Å²) >= 11 is 0. The van der Waals surface area contributed by atoms with Crippen LogP contribution in [0.25, 0.3) is 5.65 Å². The van der Waals surface area contributed by atoms with E-state index in [0.717, 1.165) is 30.5 Å². The largest absolute Gasteiger partial charge is 0.351 e. The van der Waals surface area contributed by atoms with Crippen LogP contribution in [-0.2, 0) is 0 Å². The number of rotatable bonds is 4. The van der Waals surface area contributed by atoms with Crippen LogP contribution >= 0.6 is 0 Å². The molecule has 3 aromatic rings. The minimum Gasteiger partial charge on any atom is -0.351 e. The molecule has 0 radical (unpaired) electrons. The van der Waals surface area contributed by atoms with Gasteiger partial charge < -0.3 is 9.80 Å². The topological polar surface area (TPSA) is 75.3 Å². The second-order valence-electron chi connectivity index (χ2n) is 6.59. The summed E-state index contributed by atoms with van der Waals surface area (Å²) in [6.07, 6.45) is 8.14. The molecule has 1 aliphatic carbocycles. The molecule has 8 heteroatoms. The van der Waals surface area contributed by atoms with Gasteiger partial charge in [0.05, 0.1) is 6.04 Å². The van der Waals surface area contributed by atoms with Crippen molar-refractivity contribution in [3.63, 3.8) is 0 Å². The average Bonchev–Trinajstić information content (AvgIpc) is 3.31. The van der Waals surface area contributed by atoms with Crippen LogP contribution in [0.3, 0.4) is 0 Å². The molecule has 0 N–H and O–H groups in total. The van der Waals surface area contributed by atoms with E-state index in [4.69, 9.17) is 0 Å². The van der Waals surface area contributed by atoms with Crippen LogP contribution in [0.2, 0.25) is 0 Å². The van der Waals surface area contributed by atoms with Crippen molar-refractivity contribution in [2.75, 3.05) is 29.9 Å². The van der Waals surface area contributed by atoms with E-state index in [1.165, 1.54) is 18.4 Å². The Bertz CT molecular complexity index is 863. The van der Waals surface area contributed by atoms with Gasteiger partial charge in [0.1, 0.15) is 12.1 Å². The molecule has 0 spiro atoms. The van der Waals surface area contributed by atoms with Crippen LogP contribution in [0.5, 0.6) is 0 Å². The number of hydrogen-bond acceptors (Lipinski definition) is 7. The van der Waals surface area contributed by atoms with E-state index in [1.807, 2.05) is 24.5 Å². The Labute approximate surface area is 139 Å². The van der Waals surface area contributed by atoms with Gasteiger partial charge in [0.2, 0.25) is 5.95 Å². The molecule has 1 aliphatic heterocycles. The van der Waals surface area contributed by atoms with Gasteiger partial charge in [0.25, 0.3) is 0 Å². The maximum absolute atomic E-state index is 4.53. The van der Waals surface area contributed by atoms with E-state index in [2.05, 4.69) is 42.1 Å². The van der Waals surface area contributed by atoms with E-state index in [1.54, 1.807) is 10.8 Å². The first-order valence-electron chi connectivity index (χ1n) is 8.25. The molecule has 0 atom stereocenters. The highest BCUT2D eigenvalue weighted by atomic mass is 15.4. The van der Waals surface area contributed by atoms with Crippen molar-refractivity contribution in [2.45, 2.75) is 24.8 Å². The van der Waals surface area contributed by atoms with Gasteiger partial charge in [-0.15, -0.1) is 15.3 Å². The Balaban J connectivity index is 1.26. The summed E-state index contributed by atoms with van der Waals surface area (Å²) in [5, 5.41) is 12.4. The fourth-order valence-corrected chi connectivity index (χ4v) is 3.08. The van der Waals surface area contributed by atoms with Gasteiger partial charge in [-0.25, -0.2) is 9.97 Å². The highest BCUT2D eigenvalue weighted by molar-refractivity contribution is 5.49. The van der Waals surface area contributed by atoms with E-state index >= 15 is 0 Å². The number of nitrogens with zero attached hydrogens (tertiary/aromatic N) is 8. The first kappa shape index (κ1) is 13.6. The molecule has 0 unspecified atom stereocenters. The summed E-state index contributed by atoms with van der Waals surface area (Å²) in [5.74, 6) is 2.44. The van der Waals surface area contributed by atoms with Crippen molar-refractivity contribution in [2.24, 2.45) is 0 Å². The molecule has 1 saturated carbocycles. The third-order valence-corrected chi connectivity index (χ3v) is 4.90. The van der Waals surface area contributed by atoms with Crippen LogP contribution in [-0.4, -0.2) is 56.0 Å². The lowest BCUT2D eigenvalue weighted by molar-refractivity contribution is 0.484. The highest BCUT2D eigenvalue weighted by Crippen LogP contribution is 2.39. The van der Waals surface area contributed by atoms with Crippen molar-refractivity contribution in [3.05, 3.63) is 36.4 Å². The minimum atomic E-state index is 0.398. The van der Waals surface area contributed by atoms with Crippen LogP contribution < -0.4 is 9.80 Å². The normalized spacial score (nSPS) is 18.0. The zero-order chi connectivity index (χ0) is 16.1. The summed E-state index contributed by atoms with van der Waals surface area (Å²) in [6.45, 7) is 1.82. The quantitative estimate of drug-likeness (QED) is 0.712. The molecule has 3 aromatic heterocycles. The predicted octanol–water partition coefficient (Wildman–Crippen LogP) is 1.12. The summed E-state index contributed by atoms with van der Waals surface area (Å²) in [6, 6.07) is 4.32. The first-order chi connectivity index (χ1) is 11.8. The van der Waals surface area contributed by atoms with Crippen molar-refractivity contribution in [3.8, 4) is 0 Å². The third kappa shape index (κ3) is 2.26. The highest BCUT2D eigenvalue weighted by Gasteiger charge is 2.32. The number of likely N-dealkylation sites (N-methyl/N-ethyl adjacent to an activating group) is 1. The molecule has 5 rings (SSSR count). The van der Waals surface area contributed by atoms with Gasteiger partial charge in [0, 0.05) is 32.5 Å². The standard InChI is InChI=1S/C16H18N8/c1-22(16-17-6-12(7-18-16)11-2-3-11)13-8-23(9-13)15-5-4-14-20-19-10-24(14)21-15/h4-7,10-11,13H,2-3,8-9H2,1H3. The van der Waals surface area contributed by atoms with Crippen molar-refractivity contribution < 1.29 is 0 Å². The lowest BCUT2D eigenvalue weighted by Crippen LogP contribution is -2.59. The van der Waals surface area contributed by atoms with Gasteiger partial charge in [-0.1, -0.05) is 0 Å². The van der Waals surface area contributed by atoms with Gasteiger partial charge in [-0.05, 0) is 36.5 Å². The Morgan fingerprint density at radius 1 is 1.12 bits per heavy atom. The zero-order valence-electron chi connectivity index (χ0n) is 13.4. The van der Waals surface area contributed by atoms with Gasteiger partial charge >= 0.3 is 0 Å². The molecule has 2 fully saturated rings. The molecule has 24 heavy (non-hydrogen) atoms. The smallest absolute Gasteiger partial charge is 0.225 e. The number of hydrogen-bond donors (Lipinski definition) is 0. The zero-order valence-corrected chi connectivity index (χ0v) is 13.4.